The number of nitrogens with one attached hydrogen (secondary N) is 1. The van der Waals surface area contributed by atoms with Crippen LogP contribution in [0, 0.1) is 5.82 Å². The second-order valence-corrected chi connectivity index (χ2v) is 3.55. The van der Waals surface area contributed by atoms with Gasteiger partial charge in [0.05, 0.1) is 0 Å². The highest BCUT2D eigenvalue weighted by atomic mass is 19.1. The van der Waals surface area contributed by atoms with Crippen molar-refractivity contribution in [3.8, 4) is 0 Å². The molecule has 14 heavy (non-hydrogen) atoms. The third-order valence-corrected chi connectivity index (χ3v) is 2.17. The molecule has 0 aliphatic heterocycles. The van der Waals surface area contributed by atoms with Gasteiger partial charge in [0.1, 0.15) is 5.82 Å². The first kappa shape index (κ1) is 10.9. The van der Waals surface area contributed by atoms with E-state index in [9.17, 15) is 4.39 Å². The van der Waals surface area contributed by atoms with Crippen LogP contribution in [0.3, 0.4) is 0 Å². The summed E-state index contributed by atoms with van der Waals surface area (Å²) in [6, 6.07) is 6.81. The van der Waals surface area contributed by atoms with E-state index in [1.54, 1.807) is 12.1 Å². The molecular formula is C12H16FN. The van der Waals surface area contributed by atoms with Crippen molar-refractivity contribution in [2.45, 2.75) is 19.4 Å². The lowest BCUT2D eigenvalue weighted by molar-refractivity contribution is 0.584. The van der Waals surface area contributed by atoms with Crippen LogP contribution >= 0.6 is 0 Å². The Labute approximate surface area is 84.6 Å². The molecule has 0 saturated carbocycles. The molecule has 1 rings (SSSR count). The average molecular weight is 193 g/mol. The van der Waals surface area contributed by atoms with Gasteiger partial charge in [-0.2, -0.15) is 0 Å². The summed E-state index contributed by atoms with van der Waals surface area (Å²) < 4.78 is 12.7. The molecule has 2 heteroatoms. The van der Waals surface area contributed by atoms with Crippen molar-refractivity contribution in [3.05, 3.63) is 47.8 Å². The van der Waals surface area contributed by atoms with Gasteiger partial charge in [0.25, 0.3) is 0 Å². The van der Waals surface area contributed by atoms with Gasteiger partial charge in [-0.25, -0.2) is 4.39 Å². The van der Waals surface area contributed by atoms with Crippen LogP contribution in [0.4, 0.5) is 4.39 Å². The summed E-state index contributed by atoms with van der Waals surface area (Å²) in [5.41, 5.74) is 2.21. The number of rotatable bonds is 4. The minimum atomic E-state index is -0.195. The lowest BCUT2D eigenvalue weighted by atomic mass is 10.0. The fourth-order valence-electron chi connectivity index (χ4n) is 1.43. The van der Waals surface area contributed by atoms with Crippen LogP contribution in [0.5, 0.6) is 0 Å². The Morgan fingerprint density at radius 2 is 2.00 bits per heavy atom. The maximum absolute atomic E-state index is 12.7. The van der Waals surface area contributed by atoms with E-state index in [0.29, 0.717) is 0 Å². The van der Waals surface area contributed by atoms with Crippen LogP contribution < -0.4 is 5.32 Å². The van der Waals surface area contributed by atoms with Gasteiger partial charge in [0, 0.05) is 6.04 Å². The minimum Gasteiger partial charge on any atom is -0.313 e. The highest BCUT2D eigenvalue weighted by Crippen LogP contribution is 2.19. The molecule has 0 saturated heterocycles. The van der Waals surface area contributed by atoms with E-state index in [0.717, 1.165) is 17.6 Å². The number of hydrogen-bond acceptors (Lipinski definition) is 1. The van der Waals surface area contributed by atoms with Crippen molar-refractivity contribution < 1.29 is 4.39 Å². The predicted octanol–water partition coefficient (Wildman–Crippen LogP) is 3.05. The maximum Gasteiger partial charge on any atom is 0.123 e. The van der Waals surface area contributed by atoms with Crippen LogP contribution in [0.2, 0.25) is 0 Å². The van der Waals surface area contributed by atoms with Gasteiger partial charge in [-0.05, 0) is 38.1 Å². The molecule has 0 amide bonds. The first-order valence-electron chi connectivity index (χ1n) is 4.70. The summed E-state index contributed by atoms with van der Waals surface area (Å²) in [7, 11) is 1.90. The monoisotopic (exact) mass is 193 g/mol. The van der Waals surface area contributed by atoms with E-state index in [2.05, 4.69) is 11.9 Å². The van der Waals surface area contributed by atoms with E-state index in [1.807, 2.05) is 14.0 Å². The quantitative estimate of drug-likeness (QED) is 0.725. The summed E-state index contributed by atoms with van der Waals surface area (Å²) in [6.07, 6.45) is 0.877. The molecule has 0 aliphatic carbocycles. The summed E-state index contributed by atoms with van der Waals surface area (Å²) >= 11 is 0. The Hall–Kier alpha value is -1.15. The van der Waals surface area contributed by atoms with Gasteiger partial charge in [-0.1, -0.05) is 17.7 Å². The first-order valence-corrected chi connectivity index (χ1v) is 4.70. The van der Waals surface area contributed by atoms with Crippen LogP contribution in [0.25, 0.3) is 0 Å². The largest absolute Gasteiger partial charge is 0.313 e. The Bertz CT molecular complexity index is 303. The predicted molar refractivity (Wildman–Crippen MR) is 57.6 cm³/mol. The van der Waals surface area contributed by atoms with E-state index < -0.39 is 0 Å². The first-order chi connectivity index (χ1) is 6.63. The van der Waals surface area contributed by atoms with Crippen LogP contribution in [-0.2, 0) is 0 Å². The molecule has 0 fully saturated rings. The second kappa shape index (κ2) is 4.91. The van der Waals surface area contributed by atoms with Gasteiger partial charge in [0.2, 0.25) is 0 Å². The number of hydrogen-bond donors (Lipinski definition) is 1. The van der Waals surface area contributed by atoms with Gasteiger partial charge in [-0.15, -0.1) is 6.58 Å². The highest BCUT2D eigenvalue weighted by Gasteiger charge is 2.08. The minimum absolute atomic E-state index is 0.195. The molecule has 1 unspecified atom stereocenters. The van der Waals surface area contributed by atoms with Crippen LogP contribution in [0.15, 0.2) is 36.4 Å². The third kappa shape index (κ3) is 2.96. The summed E-state index contributed by atoms with van der Waals surface area (Å²) in [6.45, 7) is 5.87. The molecule has 1 aromatic carbocycles. The lowest BCUT2D eigenvalue weighted by Crippen LogP contribution is -2.16. The molecule has 0 spiro atoms. The van der Waals surface area contributed by atoms with Crippen molar-refractivity contribution in [2.24, 2.45) is 0 Å². The zero-order valence-corrected chi connectivity index (χ0v) is 8.68. The third-order valence-electron chi connectivity index (χ3n) is 2.17. The Balaban J connectivity index is 2.78. The smallest absolute Gasteiger partial charge is 0.123 e. The van der Waals surface area contributed by atoms with Crippen molar-refractivity contribution in [1.29, 1.82) is 0 Å². The highest BCUT2D eigenvalue weighted by molar-refractivity contribution is 5.21. The maximum atomic E-state index is 12.7. The van der Waals surface area contributed by atoms with E-state index >= 15 is 0 Å². The normalized spacial score (nSPS) is 12.5. The fourth-order valence-corrected chi connectivity index (χ4v) is 1.43. The molecule has 0 aromatic heterocycles. The van der Waals surface area contributed by atoms with E-state index in [4.69, 9.17) is 0 Å². The molecule has 1 atom stereocenters. The van der Waals surface area contributed by atoms with Crippen molar-refractivity contribution in [2.75, 3.05) is 7.05 Å². The lowest BCUT2D eigenvalue weighted by Gasteiger charge is -2.16. The topological polar surface area (TPSA) is 12.0 Å². The fraction of sp³-hybridized carbons (Fsp3) is 0.333. The van der Waals surface area contributed by atoms with Crippen molar-refractivity contribution in [1.82, 2.24) is 5.32 Å². The Kier molecular flexibility index (Phi) is 3.84. The van der Waals surface area contributed by atoms with Crippen molar-refractivity contribution >= 4 is 0 Å². The Morgan fingerprint density at radius 3 is 2.43 bits per heavy atom. The van der Waals surface area contributed by atoms with Crippen molar-refractivity contribution in [3.63, 3.8) is 0 Å². The Morgan fingerprint density at radius 1 is 1.43 bits per heavy atom. The SMILES string of the molecule is C=C(C)CC(NC)c1ccc(F)cc1. The second-order valence-electron chi connectivity index (χ2n) is 3.55. The van der Waals surface area contributed by atoms with E-state index in [1.165, 1.54) is 12.1 Å². The molecule has 76 valence electrons. The number of benzene rings is 1. The standard InChI is InChI=1S/C12H16FN/c1-9(2)8-12(14-3)10-4-6-11(13)7-5-10/h4-7,12,14H,1,8H2,2-3H3. The van der Waals surface area contributed by atoms with Gasteiger partial charge < -0.3 is 5.32 Å². The average Bonchev–Trinajstić information content (AvgIpc) is 2.15. The molecule has 0 bridgehead atoms. The van der Waals surface area contributed by atoms with E-state index in [-0.39, 0.29) is 11.9 Å². The summed E-state index contributed by atoms with van der Waals surface area (Å²) in [4.78, 5) is 0. The molecule has 0 radical (unpaired) electrons. The van der Waals surface area contributed by atoms with Gasteiger partial charge in [-0.3, -0.25) is 0 Å². The summed E-state index contributed by atoms with van der Waals surface area (Å²) in [5.74, 6) is -0.195. The van der Waals surface area contributed by atoms with Crippen LogP contribution in [-0.4, -0.2) is 7.05 Å². The zero-order chi connectivity index (χ0) is 10.6. The molecule has 1 nitrogen and oxygen atoms in total. The number of halogens is 1. The van der Waals surface area contributed by atoms with Gasteiger partial charge in [0.15, 0.2) is 0 Å². The molecule has 0 aliphatic rings. The molecule has 1 aromatic rings. The zero-order valence-electron chi connectivity index (χ0n) is 8.68. The molecular weight excluding hydrogens is 177 g/mol. The molecule has 0 heterocycles. The summed E-state index contributed by atoms with van der Waals surface area (Å²) in [5, 5.41) is 3.19. The van der Waals surface area contributed by atoms with Gasteiger partial charge >= 0.3 is 0 Å². The molecule has 1 N–H and O–H groups in total. The van der Waals surface area contributed by atoms with Crippen LogP contribution in [0.1, 0.15) is 24.9 Å².